The van der Waals surface area contributed by atoms with Gasteiger partial charge in [0.25, 0.3) is 0 Å². The van der Waals surface area contributed by atoms with E-state index in [-0.39, 0.29) is 5.82 Å². The van der Waals surface area contributed by atoms with Gasteiger partial charge in [0.2, 0.25) is 0 Å². The molecule has 0 saturated carbocycles. The average molecular weight is 356 g/mol. The van der Waals surface area contributed by atoms with Crippen LogP contribution in [0.1, 0.15) is 5.69 Å². The maximum absolute atomic E-state index is 12.9. The van der Waals surface area contributed by atoms with Gasteiger partial charge in [0.15, 0.2) is 8.68 Å². The average Bonchev–Trinajstić information content (AvgIpc) is 3.15. The molecule has 0 saturated heterocycles. The zero-order chi connectivity index (χ0) is 14.7. The SMILES string of the molecule is CSc1nnc(SCc2csc(-c3ccc(F)cc3)n2)s1. The van der Waals surface area contributed by atoms with Crippen LogP contribution in [-0.4, -0.2) is 21.4 Å². The first kappa shape index (κ1) is 15.0. The fourth-order valence-corrected chi connectivity index (χ4v) is 4.83. The van der Waals surface area contributed by atoms with Crippen molar-refractivity contribution >= 4 is 46.2 Å². The van der Waals surface area contributed by atoms with Gasteiger partial charge in [0.05, 0.1) is 5.69 Å². The lowest BCUT2D eigenvalue weighted by atomic mass is 10.2. The highest BCUT2D eigenvalue weighted by Gasteiger charge is 2.08. The Morgan fingerprint density at radius 3 is 2.62 bits per heavy atom. The van der Waals surface area contributed by atoms with Crippen LogP contribution in [0.5, 0.6) is 0 Å². The van der Waals surface area contributed by atoms with Crippen molar-refractivity contribution in [3.63, 3.8) is 0 Å². The van der Waals surface area contributed by atoms with E-state index in [9.17, 15) is 4.39 Å². The molecule has 8 heteroatoms. The Morgan fingerprint density at radius 2 is 1.90 bits per heavy atom. The third-order valence-corrected chi connectivity index (χ3v) is 6.55. The van der Waals surface area contributed by atoms with Gasteiger partial charge >= 0.3 is 0 Å². The fourth-order valence-electron chi connectivity index (χ4n) is 1.57. The first-order valence-electron chi connectivity index (χ1n) is 5.95. The van der Waals surface area contributed by atoms with E-state index in [0.29, 0.717) is 0 Å². The Kier molecular flexibility index (Phi) is 4.89. The summed E-state index contributed by atoms with van der Waals surface area (Å²) >= 11 is 6.40. The smallest absolute Gasteiger partial charge is 0.175 e. The number of nitrogens with zero attached hydrogens (tertiary/aromatic N) is 3. The molecule has 3 rings (SSSR count). The lowest BCUT2D eigenvalue weighted by molar-refractivity contribution is 0.628. The maximum atomic E-state index is 12.9. The number of hydrogen-bond acceptors (Lipinski definition) is 7. The molecule has 0 radical (unpaired) electrons. The van der Waals surface area contributed by atoms with Gasteiger partial charge in [-0.05, 0) is 30.5 Å². The van der Waals surface area contributed by atoms with Gasteiger partial charge in [-0.2, -0.15) is 0 Å². The summed E-state index contributed by atoms with van der Waals surface area (Å²) in [7, 11) is 0. The summed E-state index contributed by atoms with van der Waals surface area (Å²) in [4.78, 5) is 4.58. The number of thioether (sulfide) groups is 2. The quantitative estimate of drug-likeness (QED) is 0.614. The van der Waals surface area contributed by atoms with Crippen molar-refractivity contribution in [3.05, 3.63) is 41.2 Å². The predicted molar refractivity (Wildman–Crippen MR) is 88.8 cm³/mol. The summed E-state index contributed by atoms with van der Waals surface area (Å²) in [5.74, 6) is 0.535. The Balaban J connectivity index is 1.66. The Morgan fingerprint density at radius 1 is 1.14 bits per heavy atom. The molecule has 0 amide bonds. The highest BCUT2D eigenvalue weighted by atomic mass is 32.2. The van der Waals surface area contributed by atoms with E-state index >= 15 is 0 Å². The van der Waals surface area contributed by atoms with Crippen molar-refractivity contribution < 1.29 is 4.39 Å². The largest absolute Gasteiger partial charge is 0.240 e. The van der Waals surface area contributed by atoms with Crippen molar-refractivity contribution in [2.45, 2.75) is 14.4 Å². The standard InChI is InChI=1S/C13H10FN3S4/c1-18-12-16-17-13(21-12)20-7-10-6-19-11(15-10)8-2-4-9(14)5-3-8/h2-6H,7H2,1H3. The summed E-state index contributed by atoms with van der Waals surface area (Å²) in [5.41, 5.74) is 1.95. The first-order valence-corrected chi connectivity index (χ1v) is 9.86. The minimum Gasteiger partial charge on any atom is -0.240 e. The van der Waals surface area contributed by atoms with Gasteiger partial charge in [-0.25, -0.2) is 9.37 Å². The second-order valence-electron chi connectivity index (χ2n) is 3.98. The third kappa shape index (κ3) is 3.82. The minimum absolute atomic E-state index is 0.230. The topological polar surface area (TPSA) is 38.7 Å². The lowest BCUT2D eigenvalue weighted by Crippen LogP contribution is -1.82. The van der Waals surface area contributed by atoms with Crippen LogP contribution in [0, 0.1) is 5.82 Å². The summed E-state index contributed by atoms with van der Waals surface area (Å²) < 4.78 is 14.8. The van der Waals surface area contributed by atoms with Crippen LogP contribution in [0.25, 0.3) is 10.6 Å². The maximum Gasteiger partial charge on any atom is 0.175 e. The molecule has 0 atom stereocenters. The van der Waals surface area contributed by atoms with Crippen molar-refractivity contribution in [2.75, 3.05) is 6.26 Å². The van der Waals surface area contributed by atoms with Crippen LogP contribution < -0.4 is 0 Å². The van der Waals surface area contributed by atoms with Crippen LogP contribution in [0.4, 0.5) is 4.39 Å². The number of rotatable bonds is 5. The van der Waals surface area contributed by atoms with Gasteiger partial charge in [0, 0.05) is 16.7 Å². The van der Waals surface area contributed by atoms with Crippen LogP contribution in [0.3, 0.4) is 0 Å². The van der Waals surface area contributed by atoms with E-state index in [2.05, 4.69) is 15.2 Å². The molecule has 0 fully saturated rings. The van der Waals surface area contributed by atoms with E-state index in [1.807, 2.05) is 11.6 Å². The van der Waals surface area contributed by atoms with Gasteiger partial charge < -0.3 is 0 Å². The Hall–Kier alpha value is -0.960. The molecule has 3 nitrogen and oxygen atoms in total. The second kappa shape index (κ2) is 6.87. The van der Waals surface area contributed by atoms with Gasteiger partial charge in [-0.3, -0.25) is 0 Å². The van der Waals surface area contributed by atoms with E-state index in [4.69, 9.17) is 0 Å². The van der Waals surface area contributed by atoms with Crippen molar-refractivity contribution in [1.29, 1.82) is 0 Å². The summed E-state index contributed by atoms with van der Waals surface area (Å²) in [6.07, 6.45) is 1.99. The van der Waals surface area contributed by atoms with Crippen LogP contribution >= 0.6 is 46.2 Å². The van der Waals surface area contributed by atoms with E-state index < -0.39 is 0 Å². The number of aromatic nitrogens is 3. The molecule has 0 N–H and O–H groups in total. The molecular formula is C13H10FN3S4. The molecule has 0 unspecified atom stereocenters. The number of halogens is 1. The molecule has 0 aliphatic rings. The molecule has 2 aromatic heterocycles. The van der Waals surface area contributed by atoms with Crippen molar-refractivity contribution in [2.24, 2.45) is 0 Å². The van der Waals surface area contributed by atoms with Crippen LogP contribution in [0.15, 0.2) is 38.3 Å². The molecule has 21 heavy (non-hydrogen) atoms. The Bertz CT molecular complexity index is 723. The van der Waals surface area contributed by atoms with E-state index in [1.54, 1.807) is 58.3 Å². The molecule has 0 bridgehead atoms. The minimum atomic E-state index is -0.230. The molecule has 0 aliphatic heterocycles. The highest BCUT2D eigenvalue weighted by molar-refractivity contribution is 8.02. The van der Waals surface area contributed by atoms with E-state index in [0.717, 1.165) is 30.7 Å². The van der Waals surface area contributed by atoms with Crippen molar-refractivity contribution in [3.8, 4) is 10.6 Å². The molecule has 3 aromatic rings. The zero-order valence-corrected chi connectivity index (χ0v) is 14.2. The molecule has 0 aliphatic carbocycles. The fraction of sp³-hybridized carbons (Fsp3) is 0.154. The second-order valence-corrected chi connectivity index (χ2v) is 8.09. The van der Waals surface area contributed by atoms with Gasteiger partial charge in [0.1, 0.15) is 10.8 Å². The van der Waals surface area contributed by atoms with Crippen molar-refractivity contribution in [1.82, 2.24) is 15.2 Å². The molecule has 108 valence electrons. The molecule has 2 heterocycles. The molecular weight excluding hydrogens is 345 g/mol. The Labute approximate surface area is 138 Å². The monoisotopic (exact) mass is 355 g/mol. The van der Waals surface area contributed by atoms with Crippen LogP contribution in [-0.2, 0) is 5.75 Å². The summed E-state index contributed by atoms with van der Waals surface area (Å²) in [6.45, 7) is 0. The summed E-state index contributed by atoms with van der Waals surface area (Å²) in [5, 5.41) is 11.1. The first-order chi connectivity index (χ1) is 10.2. The molecule has 1 aromatic carbocycles. The number of hydrogen-bond donors (Lipinski definition) is 0. The van der Waals surface area contributed by atoms with Crippen LogP contribution in [0.2, 0.25) is 0 Å². The normalized spacial score (nSPS) is 11.0. The number of thiazole rings is 1. The molecule has 0 spiro atoms. The van der Waals surface area contributed by atoms with Gasteiger partial charge in [-0.1, -0.05) is 34.9 Å². The van der Waals surface area contributed by atoms with Gasteiger partial charge in [-0.15, -0.1) is 21.5 Å². The lowest BCUT2D eigenvalue weighted by Gasteiger charge is -1.95. The zero-order valence-electron chi connectivity index (χ0n) is 10.9. The third-order valence-electron chi connectivity index (χ3n) is 2.55. The summed E-state index contributed by atoms with van der Waals surface area (Å²) in [6, 6.07) is 6.41. The van der Waals surface area contributed by atoms with E-state index in [1.165, 1.54) is 12.1 Å². The predicted octanol–water partition coefficient (Wildman–Crippen LogP) is 4.81. The number of benzene rings is 1. The highest BCUT2D eigenvalue weighted by Crippen LogP contribution is 2.31.